The smallest absolute Gasteiger partial charge is 0.250 e. The molecule has 104 valence electrons. The summed E-state index contributed by atoms with van der Waals surface area (Å²) in [5.74, 6) is -4.97. The molecule has 0 saturated heterocycles. The van der Waals surface area contributed by atoms with Gasteiger partial charge in [-0.3, -0.25) is 4.79 Å². The van der Waals surface area contributed by atoms with Crippen LogP contribution in [0.25, 0.3) is 0 Å². The molecule has 2 rings (SSSR count). The number of amides is 1. The van der Waals surface area contributed by atoms with E-state index in [9.17, 15) is 18.0 Å². The molecule has 0 unspecified atom stereocenters. The molecule has 0 bridgehead atoms. The molecule has 0 aliphatic rings. The zero-order valence-corrected chi connectivity index (χ0v) is 10.1. The maximum Gasteiger partial charge on any atom is 0.250 e. The third-order valence-corrected chi connectivity index (χ3v) is 2.63. The lowest BCUT2D eigenvalue weighted by atomic mass is 10.1. The van der Waals surface area contributed by atoms with Crippen LogP contribution >= 0.6 is 0 Å². The lowest BCUT2D eigenvalue weighted by molar-refractivity contribution is 0.100. The topological polar surface area (TPSA) is 81.1 Å². The minimum absolute atomic E-state index is 0.0325. The van der Waals surface area contributed by atoms with Crippen LogP contribution in [0.3, 0.4) is 0 Å². The third-order valence-electron chi connectivity index (χ3n) is 2.63. The predicted molar refractivity (Wildman–Crippen MR) is 69.0 cm³/mol. The summed E-state index contributed by atoms with van der Waals surface area (Å²) in [6, 6.07) is 5.94. The summed E-state index contributed by atoms with van der Waals surface area (Å²) in [7, 11) is 0. The number of nitrogens with one attached hydrogen (secondary N) is 1. The van der Waals surface area contributed by atoms with E-state index in [0.717, 1.165) is 12.1 Å². The Morgan fingerprint density at radius 1 is 1.10 bits per heavy atom. The fourth-order valence-electron chi connectivity index (χ4n) is 1.67. The molecule has 5 N–H and O–H groups in total. The van der Waals surface area contributed by atoms with Crippen molar-refractivity contribution in [3.05, 3.63) is 53.3 Å². The van der Waals surface area contributed by atoms with E-state index >= 15 is 0 Å². The van der Waals surface area contributed by atoms with Crippen molar-refractivity contribution in [3.63, 3.8) is 0 Å². The number of rotatable bonds is 3. The first-order valence-corrected chi connectivity index (χ1v) is 5.50. The van der Waals surface area contributed by atoms with E-state index in [-0.39, 0.29) is 22.6 Å². The number of nitrogens with two attached hydrogens (primary N) is 2. The molecule has 0 saturated carbocycles. The second-order valence-electron chi connectivity index (χ2n) is 4.01. The predicted octanol–water partition coefficient (Wildman–Crippen LogP) is 2.53. The summed E-state index contributed by atoms with van der Waals surface area (Å²) < 4.78 is 39.0. The quantitative estimate of drug-likeness (QED) is 0.597. The van der Waals surface area contributed by atoms with E-state index in [1.54, 1.807) is 0 Å². The summed E-state index contributed by atoms with van der Waals surface area (Å²) in [5, 5.41) is 2.60. The van der Waals surface area contributed by atoms with Gasteiger partial charge in [0.1, 0.15) is 0 Å². The molecule has 2 aromatic rings. The molecule has 1 amide bonds. The Kier molecular flexibility index (Phi) is 3.51. The highest BCUT2D eigenvalue weighted by Crippen LogP contribution is 2.27. The van der Waals surface area contributed by atoms with Crippen molar-refractivity contribution in [1.29, 1.82) is 0 Å². The highest BCUT2D eigenvalue weighted by atomic mass is 19.2. The number of hydrogen-bond acceptors (Lipinski definition) is 3. The number of carbonyl (C=O) groups excluding carboxylic acids is 1. The molecular formula is C13H10F3N3O. The Hall–Kier alpha value is -2.70. The van der Waals surface area contributed by atoms with Gasteiger partial charge >= 0.3 is 0 Å². The van der Waals surface area contributed by atoms with Crippen molar-refractivity contribution in [2.24, 2.45) is 5.73 Å². The van der Waals surface area contributed by atoms with Crippen LogP contribution in [-0.2, 0) is 0 Å². The molecule has 0 spiro atoms. The van der Waals surface area contributed by atoms with Gasteiger partial charge in [-0.05, 0) is 12.1 Å². The largest absolute Gasteiger partial charge is 0.396 e. The van der Waals surface area contributed by atoms with Gasteiger partial charge in [0.25, 0.3) is 5.91 Å². The van der Waals surface area contributed by atoms with Crippen LogP contribution in [0.2, 0.25) is 0 Å². The molecule has 20 heavy (non-hydrogen) atoms. The maximum atomic E-state index is 13.1. The summed E-state index contributed by atoms with van der Waals surface area (Å²) in [6.07, 6.45) is 0. The molecule has 0 aliphatic carbocycles. The monoisotopic (exact) mass is 281 g/mol. The van der Waals surface area contributed by atoms with Gasteiger partial charge in [0, 0.05) is 17.8 Å². The second-order valence-corrected chi connectivity index (χ2v) is 4.01. The fourth-order valence-corrected chi connectivity index (χ4v) is 1.67. The molecule has 0 radical (unpaired) electrons. The SMILES string of the molecule is NC(=O)c1cccc(Nc2cc(F)c(F)c(F)c2)c1N. The first-order chi connectivity index (χ1) is 9.40. The lowest BCUT2D eigenvalue weighted by Crippen LogP contribution is -2.14. The van der Waals surface area contributed by atoms with Crippen LogP contribution in [0.1, 0.15) is 10.4 Å². The molecule has 0 heterocycles. The van der Waals surface area contributed by atoms with Gasteiger partial charge in [-0.15, -0.1) is 0 Å². The molecule has 7 heteroatoms. The van der Waals surface area contributed by atoms with E-state index in [0.29, 0.717) is 0 Å². The van der Waals surface area contributed by atoms with Crippen molar-refractivity contribution >= 4 is 23.0 Å². The first-order valence-electron chi connectivity index (χ1n) is 5.50. The van der Waals surface area contributed by atoms with Crippen LogP contribution in [-0.4, -0.2) is 5.91 Å². The summed E-state index contributed by atoms with van der Waals surface area (Å²) in [4.78, 5) is 11.1. The molecule has 0 fully saturated rings. The third kappa shape index (κ3) is 2.51. The summed E-state index contributed by atoms with van der Waals surface area (Å²) in [6.45, 7) is 0. The average molecular weight is 281 g/mol. The average Bonchev–Trinajstić information content (AvgIpc) is 2.38. The van der Waals surface area contributed by atoms with Crippen molar-refractivity contribution in [3.8, 4) is 0 Å². The first kappa shape index (κ1) is 13.7. The van der Waals surface area contributed by atoms with Gasteiger partial charge < -0.3 is 16.8 Å². The van der Waals surface area contributed by atoms with Gasteiger partial charge in [0.2, 0.25) is 0 Å². The zero-order valence-electron chi connectivity index (χ0n) is 10.1. The van der Waals surface area contributed by atoms with Gasteiger partial charge in [0.15, 0.2) is 17.5 Å². The Morgan fingerprint density at radius 2 is 1.70 bits per heavy atom. The summed E-state index contributed by atoms with van der Waals surface area (Å²) in [5.41, 5.74) is 11.1. The van der Waals surface area contributed by atoms with Crippen LogP contribution in [0, 0.1) is 17.5 Å². The van der Waals surface area contributed by atoms with E-state index in [1.807, 2.05) is 0 Å². The second kappa shape index (κ2) is 5.12. The minimum Gasteiger partial charge on any atom is -0.396 e. The minimum atomic E-state index is -1.56. The molecule has 0 aliphatic heterocycles. The van der Waals surface area contributed by atoms with Crippen molar-refractivity contribution in [2.45, 2.75) is 0 Å². The van der Waals surface area contributed by atoms with Crippen molar-refractivity contribution in [2.75, 3.05) is 11.1 Å². The van der Waals surface area contributed by atoms with Gasteiger partial charge in [-0.2, -0.15) is 0 Å². The van der Waals surface area contributed by atoms with Gasteiger partial charge in [-0.25, -0.2) is 13.2 Å². The number of benzene rings is 2. The Labute approximate surface area is 112 Å². The Balaban J connectivity index is 2.40. The number of primary amides is 1. The molecule has 4 nitrogen and oxygen atoms in total. The van der Waals surface area contributed by atoms with Crippen LogP contribution in [0.15, 0.2) is 30.3 Å². The van der Waals surface area contributed by atoms with E-state index < -0.39 is 23.4 Å². The standard InChI is InChI=1S/C13H10F3N3O/c14-8-4-6(5-9(15)11(8)16)19-10-3-1-2-7(12(10)17)13(18)20/h1-5,19H,17H2,(H2,18,20). The highest BCUT2D eigenvalue weighted by Gasteiger charge is 2.13. The van der Waals surface area contributed by atoms with Crippen LogP contribution in [0.4, 0.5) is 30.2 Å². The normalized spacial score (nSPS) is 10.3. The maximum absolute atomic E-state index is 13.1. The van der Waals surface area contributed by atoms with Crippen molar-refractivity contribution in [1.82, 2.24) is 0 Å². The summed E-state index contributed by atoms with van der Waals surface area (Å²) >= 11 is 0. The van der Waals surface area contributed by atoms with E-state index in [2.05, 4.69) is 5.32 Å². The Morgan fingerprint density at radius 3 is 2.25 bits per heavy atom. The zero-order chi connectivity index (χ0) is 14.9. The number of anilines is 3. The lowest BCUT2D eigenvalue weighted by Gasteiger charge is -2.12. The number of carbonyl (C=O) groups is 1. The Bertz CT molecular complexity index is 666. The molecule has 2 aromatic carbocycles. The highest BCUT2D eigenvalue weighted by molar-refractivity contribution is 6.01. The molecule has 0 aromatic heterocycles. The van der Waals surface area contributed by atoms with Crippen LogP contribution in [0.5, 0.6) is 0 Å². The number of nitrogen functional groups attached to an aromatic ring is 1. The number of hydrogen-bond donors (Lipinski definition) is 3. The number of halogens is 3. The fraction of sp³-hybridized carbons (Fsp3) is 0. The number of para-hydroxylation sites is 1. The van der Waals surface area contributed by atoms with Gasteiger partial charge in [-0.1, -0.05) is 6.07 Å². The van der Waals surface area contributed by atoms with E-state index in [1.165, 1.54) is 18.2 Å². The van der Waals surface area contributed by atoms with Crippen LogP contribution < -0.4 is 16.8 Å². The molecule has 0 atom stereocenters. The van der Waals surface area contributed by atoms with Crippen molar-refractivity contribution < 1.29 is 18.0 Å². The molecular weight excluding hydrogens is 271 g/mol. The van der Waals surface area contributed by atoms with Gasteiger partial charge in [0.05, 0.1) is 16.9 Å². The van der Waals surface area contributed by atoms with E-state index in [4.69, 9.17) is 11.5 Å².